The minimum Gasteiger partial charge on any atom is -0.281 e. The molecule has 0 aliphatic rings. The van der Waals surface area contributed by atoms with Gasteiger partial charge in [0, 0.05) is 11.8 Å². The quantitative estimate of drug-likeness (QED) is 0.905. The van der Waals surface area contributed by atoms with Crippen LogP contribution in [0.4, 0.5) is 5.82 Å². The summed E-state index contributed by atoms with van der Waals surface area (Å²) in [6, 6.07) is 7.31. The first-order valence-electron chi connectivity index (χ1n) is 5.17. The Morgan fingerprint density at radius 1 is 1.42 bits per heavy atom. The van der Waals surface area contributed by atoms with E-state index in [0.29, 0.717) is 0 Å². The molecule has 0 amide bonds. The average Bonchev–Trinajstić information content (AvgIpc) is 2.73. The number of nitrogens with zero attached hydrogens (tertiary/aromatic N) is 2. The van der Waals surface area contributed by atoms with Crippen molar-refractivity contribution in [1.82, 2.24) is 10.2 Å². The number of anilines is 1. The minimum atomic E-state index is -3.77. The van der Waals surface area contributed by atoms with E-state index in [2.05, 4.69) is 14.9 Å². The molecule has 0 fully saturated rings. The number of benzene rings is 1. The second-order valence-corrected chi connectivity index (χ2v) is 5.88. The van der Waals surface area contributed by atoms with Gasteiger partial charge in [-0.3, -0.25) is 9.82 Å². The van der Waals surface area contributed by atoms with Gasteiger partial charge >= 0.3 is 0 Å². The van der Waals surface area contributed by atoms with E-state index in [9.17, 15) is 8.42 Å². The van der Waals surface area contributed by atoms with E-state index in [-0.39, 0.29) is 21.3 Å². The Morgan fingerprint density at radius 2 is 2.16 bits per heavy atom. The van der Waals surface area contributed by atoms with Crippen molar-refractivity contribution in [2.75, 3.05) is 4.72 Å². The van der Waals surface area contributed by atoms with Gasteiger partial charge in [0.25, 0.3) is 10.0 Å². The summed E-state index contributed by atoms with van der Waals surface area (Å²) in [4.78, 5) is -0.0304. The molecule has 0 radical (unpaired) electrons. The fourth-order valence-corrected chi connectivity index (χ4v) is 2.73. The number of H-pyrrole nitrogens is 1. The highest BCUT2D eigenvalue weighted by molar-refractivity contribution is 7.92. The molecule has 1 heterocycles. The average molecular weight is 297 g/mol. The summed E-state index contributed by atoms with van der Waals surface area (Å²) in [5.74, 6) is 0.193. The van der Waals surface area contributed by atoms with Gasteiger partial charge in [0.1, 0.15) is 6.07 Å². The first-order chi connectivity index (χ1) is 8.92. The molecule has 2 rings (SSSR count). The monoisotopic (exact) mass is 296 g/mol. The van der Waals surface area contributed by atoms with Crippen molar-refractivity contribution in [3.8, 4) is 6.07 Å². The molecule has 6 nitrogen and oxygen atoms in total. The van der Waals surface area contributed by atoms with Crippen LogP contribution in [-0.4, -0.2) is 18.6 Å². The van der Waals surface area contributed by atoms with Crippen molar-refractivity contribution in [1.29, 1.82) is 5.26 Å². The Balaban J connectivity index is 2.35. The topological polar surface area (TPSA) is 98.6 Å². The van der Waals surface area contributed by atoms with Crippen LogP contribution in [-0.2, 0) is 10.0 Å². The number of halogens is 1. The molecule has 0 aliphatic heterocycles. The van der Waals surface area contributed by atoms with Crippen molar-refractivity contribution in [2.24, 2.45) is 0 Å². The van der Waals surface area contributed by atoms with Crippen molar-refractivity contribution < 1.29 is 8.42 Å². The van der Waals surface area contributed by atoms with Crippen LogP contribution in [0.1, 0.15) is 11.3 Å². The highest BCUT2D eigenvalue weighted by atomic mass is 35.5. The van der Waals surface area contributed by atoms with Crippen LogP contribution in [0.15, 0.2) is 29.2 Å². The number of sulfonamides is 1. The van der Waals surface area contributed by atoms with Crippen molar-refractivity contribution in [3.05, 3.63) is 40.5 Å². The van der Waals surface area contributed by atoms with Gasteiger partial charge in [0.15, 0.2) is 5.82 Å². The molecule has 8 heteroatoms. The van der Waals surface area contributed by atoms with E-state index in [1.165, 1.54) is 18.2 Å². The lowest BCUT2D eigenvalue weighted by molar-refractivity contribution is 0.601. The third-order valence-corrected chi connectivity index (χ3v) is 3.98. The molecular weight excluding hydrogens is 288 g/mol. The number of rotatable bonds is 3. The molecule has 0 bridgehead atoms. The maximum Gasteiger partial charge on any atom is 0.263 e. The summed E-state index contributed by atoms with van der Waals surface area (Å²) in [6.45, 7) is 1.75. The fourth-order valence-electron chi connectivity index (χ4n) is 1.42. The maximum atomic E-state index is 12.1. The zero-order chi connectivity index (χ0) is 14.0. The predicted octanol–water partition coefficient (Wildman–Crippen LogP) is 2.04. The van der Waals surface area contributed by atoms with Crippen LogP contribution >= 0.6 is 11.6 Å². The van der Waals surface area contributed by atoms with Crippen molar-refractivity contribution in [2.45, 2.75) is 11.8 Å². The molecule has 1 aromatic carbocycles. The molecule has 2 aromatic rings. The first-order valence-corrected chi connectivity index (χ1v) is 7.03. The standard InChI is InChI=1S/C11H9ClN4O2S/c1-7-4-11(15-14-7)16-19(17,18)9-3-2-8(6-13)10(12)5-9/h2-5H,1H3,(H2,14,15,16). The molecular formula is C11H9ClN4O2S. The fraction of sp³-hybridized carbons (Fsp3) is 0.0909. The smallest absolute Gasteiger partial charge is 0.263 e. The largest absolute Gasteiger partial charge is 0.281 e. The first kappa shape index (κ1) is 13.4. The summed E-state index contributed by atoms with van der Waals surface area (Å²) in [5.41, 5.74) is 0.951. The van der Waals surface area contributed by atoms with Gasteiger partial charge in [-0.05, 0) is 25.1 Å². The highest BCUT2D eigenvalue weighted by Gasteiger charge is 2.17. The molecule has 19 heavy (non-hydrogen) atoms. The lowest BCUT2D eigenvalue weighted by Crippen LogP contribution is -2.13. The van der Waals surface area contributed by atoms with Gasteiger partial charge in [-0.2, -0.15) is 10.4 Å². The van der Waals surface area contributed by atoms with E-state index < -0.39 is 10.0 Å². The highest BCUT2D eigenvalue weighted by Crippen LogP contribution is 2.21. The summed E-state index contributed by atoms with van der Waals surface area (Å²) in [6.07, 6.45) is 0. The van der Waals surface area contributed by atoms with E-state index >= 15 is 0 Å². The molecule has 2 N–H and O–H groups in total. The number of aryl methyl sites for hydroxylation is 1. The van der Waals surface area contributed by atoms with Crippen LogP contribution in [0.3, 0.4) is 0 Å². The number of nitriles is 1. The Bertz CT molecular complexity index is 761. The molecule has 0 saturated heterocycles. The lowest BCUT2D eigenvalue weighted by atomic mass is 10.2. The summed E-state index contributed by atoms with van der Waals surface area (Å²) >= 11 is 5.81. The zero-order valence-corrected chi connectivity index (χ0v) is 11.4. The Hall–Kier alpha value is -2.04. The van der Waals surface area contributed by atoms with E-state index in [0.717, 1.165) is 5.69 Å². The van der Waals surface area contributed by atoms with Gasteiger partial charge in [0.2, 0.25) is 0 Å². The van der Waals surface area contributed by atoms with E-state index in [4.69, 9.17) is 16.9 Å². The van der Waals surface area contributed by atoms with Gasteiger partial charge in [-0.15, -0.1) is 0 Å². The molecule has 98 valence electrons. The van der Waals surface area contributed by atoms with Crippen LogP contribution in [0, 0.1) is 18.3 Å². The summed E-state index contributed by atoms with van der Waals surface area (Å²) in [5, 5.41) is 15.2. The second kappa shape index (κ2) is 4.91. The molecule has 0 spiro atoms. The maximum absolute atomic E-state index is 12.1. The van der Waals surface area contributed by atoms with Gasteiger partial charge in [-0.1, -0.05) is 11.6 Å². The van der Waals surface area contributed by atoms with Crippen molar-refractivity contribution >= 4 is 27.4 Å². The number of hydrogen-bond acceptors (Lipinski definition) is 4. The number of aromatic amines is 1. The van der Waals surface area contributed by atoms with E-state index in [1.807, 2.05) is 6.07 Å². The Labute approximate surface area is 115 Å². The lowest BCUT2D eigenvalue weighted by Gasteiger charge is -2.06. The van der Waals surface area contributed by atoms with Gasteiger partial charge in [0.05, 0.1) is 15.5 Å². The SMILES string of the molecule is Cc1cc(NS(=O)(=O)c2ccc(C#N)c(Cl)c2)n[nH]1. The molecule has 0 aliphatic carbocycles. The van der Waals surface area contributed by atoms with Crippen molar-refractivity contribution in [3.63, 3.8) is 0 Å². The predicted molar refractivity (Wildman–Crippen MR) is 70.3 cm³/mol. The normalized spacial score (nSPS) is 11.0. The minimum absolute atomic E-state index is 0.0304. The summed E-state index contributed by atoms with van der Waals surface area (Å²) in [7, 11) is -3.77. The van der Waals surface area contributed by atoms with Gasteiger partial charge in [-0.25, -0.2) is 8.42 Å². The Kier molecular flexibility index (Phi) is 3.46. The number of nitrogens with one attached hydrogen (secondary N) is 2. The number of aromatic nitrogens is 2. The summed E-state index contributed by atoms with van der Waals surface area (Å²) < 4.78 is 26.4. The molecule has 0 atom stereocenters. The zero-order valence-electron chi connectivity index (χ0n) is 9.81. The van der Waals surface area contributed by atoms with Crippen LogP contribution in [0.2, 0.25) is 5.02 Å². The second-order valence-electron chi connectivity index (χ2n) is 3.80. The third-order valence-electron chi connectivity index (χ3n) is 2.32. The van der Waals surface area contributed by atoms with Crippen LogP contribution in [0.25, 0.3) is 0 Å². The molecule has 1 aromatic heterocycles. The van der Waals surface area contributed by atoms with Crippen LogP contribution < -0.4 is 4.72 Å². The Morgan fingerprint density at radius 3 is 2.68 bits per heavy atom. The third kappa shape index (κ3) is 2.86. The van der Waals surface area contributed by atoms with Gasteiger partial charge < -0.3 is 0 Å². The molecule has 0 unspecified atom stereocenters. The van der Waals surface area contributed by atoms with Crippen LogP contribution in [0.5, 0.6) is 0 Å². The number of hydrogen-bond donors (Lipinski definition) is 2. The molecule has 0 saturated carbocycles. The van der Waals surface area contributed by atoms with E-state index in [1.54, 1.807) is 13.0 Å².